The zero-order valence-electron chi connectivity index (χ0n) is 7.87. The molecule has 0 heterocycles. The quantitative estimate of drug-likeness (QED) is 0.637. The van der Waals surface area contributed by atoms with Crippen LogP contribution < -0.4 is 0 Å². The Morgan fingerprint density at radius 3 is 2.42 bits per heavy atom. The lowest BCUT2D eigenvalue weighted by atomic mass is 10.1. The van der Waals surface area contributed by atoms with Gasteiger partial charge in [0, 0.05) is 13.5 Å². The maximum Gasteiger partial charge on any atom is 0.223 e. The Morgan fingerprint density at radius 2 is 2.08 bits per heavy atom. The van der Waals surface area contributed by atoms with Crippen molar-refractivity contribution >= 4 is 18.5 Å². The van der Waals surface area contributed by atoms with Crippen molar-refractivity contribution in [3.05, 3.63) is 0 Å². The number of likely N-dealkylation sites (N-methyl/N-ethyl adjacent to an activating group) is 1. The fraction of sp³-hybridized carbons (Fsp3) is 0.875. The standard InChI is InChI=1S/C8H17NO2S/c1-8(2,6-10)9(3)7(11)4-5-12/h10,12H,4-6H2,1-3H3. The fourth-order valence-electron chi connectivity index (χ4n) is 0.707. The van der Waals surface area contributed by atoms with Gasteiger partial charge in [-0.2, -0.15) is 12.6 Å². The van der Waals surface area contributed by atoms with Crippen LogP contribution in [0.2, 0.25) is 0 Å². The van der Waals surface area contributed by atoms with Gasteiger partial charge < -0.3 is 10.0 Å². The number of aliphatic hydroxyl groups is 1. The van der Waals surface area contributed by atoms with E-state index >= 15 is 0 Å². The van der Waals surface area contributed by atoms with Gasteiger partial charge in [-0.3, -0.25) is 4.79 Å². The van der Waals surface area contributed by atoms with Gasteiger partial charge in [0.25, 0.3) is 0 Å². The second-order valence-corrected chi connectivity index (χ2v) is 3.84. The number of hydrogen-bond acceptors (Lipinski definition) is 3. The second-order valence-electron chi connectivity index (χ2n) is 3.40. The minimum absolute atomic E-state index is 0.0176. The van der Waals surface area contributed by atoms with Gasteiger partial charge in [0.1, 0.15) is 0 Å². The Morgan fingerprint density at radius 1 is 1.58 bits per heavy atom. The van der Waals surface area contributed by atoms with E-state index in [4.69, 9.17) is 5.11 Å². The van der Waals surface area contributed by atoms with E-state index in [2.05, 4.69) is 12.6 Å². The molecule has 0 fully saturated rings. The first-order valence-corrected chi connectivity index (χ1v) is 4.57. The minimum Gasteiger partial charge on any atom is -0.394 e. The van der Waals surface area contributed by atoms with Crippen LogP contribution in [0.1, 0.15) is 20.3 Å². The number of aliphatic hydroxyl groups excluding tert-OH is 1. The molecule has 0 aromatic carbocycles. The Kier molecular flexibility index (Phi) is 4.63. The van der Waals surface area contributed by atoms with Gasteiger partial charge in [0.15, 0.2) is 0 Å². The first kappa shape index (κ1) is 11.8. The molecule has 0 radical (unpaired) electrons. The van der Waals surface area contributed by atoms with Gasteiger partial charge in [0.2, 0.25) is 5.91 Å². The molecule has 3 nitrogen and oxygen atoms in total. The van der Waals surface area contributed by atoms with Crippen LogP contribution in [0.15, 0.2) is 0 Å². The van der Waals surface area contributed by atoms with E-state index in [0.717, 1.165) is 0 Å². The SMILES string of the molecule is CN(C(=O)CCS)C(C)(C)CO. The third-order valence-corrected chi connectivity index (χ3v) is 2.22. The zero-order valence-corrected chi connectivity index (χ0v) is 8.77. The Labute approximate surface area is 79.2 Å². The van der Waals surface area contributed by atoms with Gasteiger partial charge in [-0.05, 0) is 19.6 Å². The van der Waals surface area contributed by atoms with Crippen LogP contribution in [0.3, 0.4) is 0 Å². The molecule has 0 saturated carbocycles. The number of carbonyl (C=O) groups is 1. The fourth-order valence-corrected chi connectivity index (χ4v) is 0.898. The molecule has 0 atom stereocenters. The summed E-state index contributed by atoms with van der Waals surface area (Å²) in [6.45, 7) is 3.62. The summed E-state index contributed by atoms with van der Waals surface area (Å²) < 4.78 is 0. The van der Waals surface area contributed by atoms with Gasteiger partial charge >= 0.3 is 0 Å². The van der Waals surface area contributed by atoms with Crippen LogP contribution in [0.5, 0.6) is 0 Å². The van der Waals surface area contributed by atoms with Crippen molar-refractivity contribution in [3.8, 4) is 0 Å². The van der Waals surface area contributed by atoms with E-state index in [1.807, 2.05) is 13.8 Å². The van der Waals surface area contributed by atoms with E-state index in [0.29, 0.717) is 12.2 Å². The molecule has 0 aromatic heterocycles. The van der Waals surface area contributed by atoms with Crippen molar-refractivity contribution in [2.24, 2.45) is 0 Å². The van der Waals surface area contributed by atoms with Crippen LogP contribution in [-0.4, -0.2) is 40.9 Å². The van der Waals surface area contributed by atoms with Crippen molar-refractivity contribution in [3.63, 3.8) is 0 Å². The van der Waals surface area contributed by atoms with Crippen LogP contribution >= 0.6 is 12.6 Å². The zero-order chi connectivity index (χ0) is 9.78. The minimum atomic E-state index is -0.472. The molecule has 0 aromatic rings. The molecule has 0 rings (SSSR count). The number of thiol groups is 1. The van der Waals surface area contributed by atoms with Gasteiger partial charge in [-0.15, -0.1) is 0 Å². The van der Waals surface area contributed by atoms with E-state index in [9.17, 15) is 4.79 Å². The summed E-state index contributed by atoms with van der Waals surface area (Å²) in [6.07, 6.45) is 0.420. The molecular weight excluding hydrogens is 174 g/mol. The first-order chi connectivity index (χ1) is 5.45. The molecule has 0 aliphatic heterocycles. The highest BCUT2D eigenvalue weighted by Crippen LogP contribution is 2.12. The van der Waals surface area contributed by atoms with Crippen molar-refractivity contribution in [1.82, 2.24) is 4.90 Å². The van der Waals surface area contributed by atoms with Gasteiger partial charge in [-0.1, -0.05) is 0 Å². The molecule has 1 amide bonds. The van der Waals surface area contributed by atoms with E-state index in [1.54, 1.807) is 11.9 Å². The van der Waals surface area contributed by atoms with Crippen molar-refractivity contribution < 1.29 is 9.90 Å². The molecule has 0 aliphatic rings. The van der Waals surface area contributed by atoms with Crippen LogP contribution in [0.25, 0.3) is 0 Å². The average molecular weight is 191 g/mol. The Hall–Kier alpha value is -0.220. The van der Waals surface area contributed by atoms with Crippen LogP contribution in [0, 0.1) is 0 Å². The topological polar surface area (TPSA) is 40.5 Å². The molecular formula is C8H17NO2S. The first-order valence-electron chi connectivity index (χ1n) is 3.94. The summed E-state index contributed by atoms with van der Waals surface area (Å²) in [5, 5.41) is 8.97. The van der Waals surface area contributed by atoms with Crippen molar-refractivity contribution in [1.29, 1.82) is 0 Å². The summed E-state index contributed by atoms with van der Waals surface area (Å²) in [5.41, 5.74) is -0.472. The lowest BCUT2D eigenvalue weighted by molar-refractivity contribution is -0.135. The second kappa shape index (κ2) is 4.72. The Balaban J connectivity index is 4.17. The number of nitrogens with zero attached hydrogens (tertiary/aromatic N) is 1. The number of rotatable bonds is 4. The van der Waals surface area contributed by atoms with Gasteiger partial charge in [-0.25, -0.2) is 0 Å². The summed E-state index contributed by atoms with van der Waals surface area (Å²) in [7, 11) is 1.70. The number of carbonyl (C=O) groups excluding carboxylic acids is 1. The molecule has 0 unspecified atom stereocenters. The maximum absolute atomic E-state index is 11.3. The van der Waals surface area contributed by atoms with E-state index in [1.165, 1.54) is 0 Å². The highest BCUT2D eigenvalue weighted by Gasteiger charge is 2.25. The molecule has 0 saturated heterocycles. The van der Waals surface area contributed by atoms with Gasteiger partial charge in [0.05, 0.1) is 12.1 Å². The average Bonchev–Trinajstić information content (AvgIpc) is 2.03. The molecule has 0 spiro atoms. The summed E-state index contributed by atoms with van der Waals surface area (Å²) in [5.74, 6) is 0.564. The molecule has 0 aliphatic carbocycles. The predicted octanol–water partition coefficient (Wildman–Crippen LogP) is 0.536. The van der Waals surface area contributed by atoms with E-state index in [-0.39, 0.29) is 12.5 Å². The lowest BCUT2D eigenvalue weighted by Crippen LogP contribution is -2.47. The third-order valence-electron chi connectivity index (χ3n) is 1.99. The lowest BCUT2D eigenvalue weighted by Gasteiger charge is -2.33. The van der Waals surface area contributed by atoms with Crippen LogP contribution in [0.4, 0.5) is 0 Å². The molecule has 1 N–H and O–H groups in total. The smallest absolute Gasteiger partial charge is 0.223 e. The molecule has 72 valence electrons. The highest BCUT2D eigenvalue weighted by atomic mass is 32.1. The number of amides is 1. The van der Waals surface area contributed by atoms with Crippen LogP contribution in [-0.2, 0) is 4.79 Å². The maximum atomic E-state index is 11.3. The molecule has 0 bridgehead atoms. The normalized spacial score (nSPS) is 11.4. The summed E-state index contributed by atoms with van der Waals surface area (Å²) in [6, 6.07) is 0. The monoisotopic (exact) mass is 191 g/mol. The largest absolute Gasteiger partial charge is 0.394 e. The molecule has 12 heavy (non-hydrogen) atoms. The van der Waals surface area contributed by atoms with E-state index < -0.39 is 5.54 Å². The Bertz CT molecular complexity index is 159. The van der Waals surface area contributed by atoms with Crippen molar-refractivity contribution in [2.45, 2.75) is 25.8 Å². The van der Waals surface area contributed by atoms with Crippen molar-refractivity contribution in [2.75, 3.05) is 19.4 Å². The summed E-state index contributed by atoms with van der Waals surface area (Å²) >= 11 is 3.97. The predicted molar refractivity (Wildman–Crippen MR) is 52.4 cm³/mol. The summed E-state index contributed by atoms with van der Waals surface area (Å²) in [4.78, 5) is 12.9. The molecule has 4 heteroatoms. The third kappa shape index (κ3) is 3.03. The number of hydrogen-bond donors (Lipinski definition) is 2. The highest BCUT2D eigenvalue weighted by molar-refractivity contribution is 7.80.